The maximum absolute atomic E-state index is 5.57. The lowest BCUT2D eigenvalue weighted by Gasteiger charge is -2.08. The van der Waals surface area contributed by atoms with Gasteiger partial charge in [0.1, 0.15) is 11.5 Å². The molecule has 0 aliphatic carbocycles. The average Bonchev–Trinajstić information content (AvgIpc) is 2.76. The standard InChI is InChI=1S/C24H18BO2/c1-3-7-19(8-4-1)21-11-15-23(16-12-21)26-25-27-24-17-13-22(14-18-24)20-9-5-2-6-10-20/h1-18H. The molecule has 0 aliphatic heterocycles. The highest BCUT2D eigenvalue weighted by atomic mass is 16.6. The van der Waals surface area contributed by atoms with Crippen LogP contribution in [0.3, 0.4) is 0 Å². The van der Waals surface area contributed by atoms with Gasteiger partial charge in [-0.25, -0.2) is 0 Å². The van der Waals surface area contributed by atoms with E-state index < -0.39 is 0 Å². The molecule has 27 heavy (non-hydrogen) atoms. The van der Waals surface area contributed by atoms with Crippen molar-refractivity contribution in [2.75, 3.05) is 0 Å². The van der Waals surface area contributed by atoms with E-state index in [0.717, 1.165) is 22.6 Å². The van der Waals surface area contributed by atoms with Crippen molar-refractivity contribution in [2.45, 2.75) is 0 Å². The van der Waals surface area contributed by atoms with Crippen LogP contribution >= 0.6 is 0 Å². The Morgan fingerprint density at radius 2 is 0.704 bits per heavy atom. The fourth-order valence-corrected chi connectivity index (χ4v) is 2.85. The van der Waals surface area contributed by atoms with E-state index in [1.165, 1.54) is 18.8 Å². The van der Waals surface area contributed by atoms with E-state index >= 15 is 0 Å². The molecule has 0 aliphatic rings. The lowest BCUT2D eigenvalue weighted by atomic mass is 10.1. The first-order valence-electron chi connectivity index (χ1n) is 8.84. The fraction of sp³-hybridized carbons (Fsp3) is 0. The quantitative estimate of drug-likeness (QED) is 0.397. The fourth-order valence-electron chi connectivity index (χ4n) is 2.85. The molecule has 0 N–H and O–H groups in total. The number of benzene rings is 4. The Labute approximate surface area is 160 Å². The van der Waals surface area contributed by atoms with Gasteiger partial charge in [0.15, 0.2) is 0 Å². The zero-order chi connectivity index (χ0) is 18.3. The molecule has 0 aromatic heterocycles. The predicted octanol–water partition coefficient (Wildman–Crippen LogP) is 6.01. The normalized spacial score (nSPS) is 10.2. The molecule has 0 fully saturated rings. The summed E-state index contributed by atoms with van der Waals surface area (Å²) >= 11 is 0. The van der Waals surface area contributed by atoms with E-state index in [1.807, 2.05) is 84.9 Å². The van der Waals surface area contributed by atoms with Gasteiger partial charge in [0.05, 0.1) is 0 Å². The van der Waals surface area contributed by atoms with Gasteiger partial charge in [0.25, 0.3) is 0 Å². The third-order valence-electron chi connectivity index (χ3n) is 4.29. The zero-order valence-corrected chi connectivity index (χ0v) is 14.8. The molecule has 0 bridgehead atoms. The lowest BCUT2D eigenvalue weighted by molar-refractivity contribution is 0.459. The first kappa shape index (κ1) is 17.0. The highest BCUT2D eigenvalue weighted by Gasteiger charge is 2.04. The molecule has 0 unspecified atom stereocenters. The Morgan fingerprint density at radius 3 is 1.07 bits per heavy atom. The first-order valence-corrected chi connectivity index (χ1v) is 8.84. The van der Waals surface area contributed by atoms with E-state index in [4.69, 9.17) is 9.31 Å². The molecular formula is C24H18BO2. The van der Waals surface area contributed by atoms with Gasteiger partial charge in [-0.05, 0) is 46.5 Å². The van der Waals surface area contributed by atoms with Crippen molar-refractivity contribution in [3.63, 3.8) is 0 Å². The first-order chi connectivity index (χ1) is 13.4. The Hall–Kier alpha value is -3.46. The van der Waals surface area contributed by atoms with Crippen LogP contribution in [0.2, 0.25) is 0 Å². The van der Waals surface area contributed by atoms with Crippen molar-refractivity contribution in [1.82, 2.24) is 0 Å². The van der Waals surface area contributed by atoms with Gasteiger partial charge in [0, 0.05) is 0 Å². The van der Waals surface area contributed by atoms with Crippen molar-refractivity contribution in [1.29, 1.82) is 0 Å². The minimum Gasteiger partial charge on any atom is -0.526 e. The number of rotatable bonds is 6. The Balaban J connectivity index is 1.32. The third kappa shape index (κ3) is 4.39. The van der Waals surface area contributed by atoms with Crippen molar-refractivity contribution in [3.8, 4) is 33.8 Å². The van der Waals surface area contributed by atoms with Crippen molar-refractivity contribution >= 4 is 7.69 Å². The highest BCUT2D eigenvalue weighted by Crippen LogP contribution is 2.23. The Kier molecular flexibility index (Phi) is 5.21. The summed E-state index contributed by atoms with van der Waals surface area (Å²) in [6, 6.07) is 36.4. The SMILES string of the molecule is [B](Oc1ccc(-c2ccccc2)cc1)Oc1ccc(-c2ccccc2)cc1. The second-order valence-corrected chi connectivity index (χ2v) is 6.11. The van der Waals surface area contributed by atoms with E-state index in [9.17, 15) is 0 Å². The van der Waals surface area contributed by atoms with Crippen molar-refractivity contribution in [3.05, 3.63) is 109 Å². The molecule has 0 saturated carbocycles. The molecule has 129 valence electrons. The molecule has 0 atom stereocenters. The van der Waals surface area contributed by atoms with Gasteiger partial charge in [-0.3, -0.25) is 0 Å². The minimum atomic E-state index is 0.732. The summed E-state index contributed by atoms with van der Waals surface area (Å²) in [4.78, 5) is 0. The van der Waals surface area contributed by atoms with Crippen LogP contribution in [0.1, 0.15) is 0 Å². The van der Waals surface area contributed by atoms with Crippen LogP contribution in [0.5, 0.6) is 11.5 Å². The third-order valence-corrected chi connectivity index (χ3v) is 4.29. The smallest absolute Gasteiger partial charge is 0.526 e. The molecule has 0 spiro atoms. The second-order valence-electron chi connectivity index (χ2n) is 6.11. The van der Waals surface area contributed by atoms with Crippen LogP contribution in [0.25, 0.3) is 22.3 Å². The topological polar surface area (TPSA) is 18.5 Å². The van der Waals surface area contributed by atoms with Crippen LogP contribution in [0, 0.1) is 0 Å². The molecule has 1 radical (unpaired) electrons. The number of hydrogen-bond donors (Lipinski definition) is 0. The molecular weight excluding hydrogens is 331 g/mol. The van der Waals surface area contributed by atoms with Crippen molar-refractivity contribution < 1.29 is 9.31 Å². The van der Waals surface area contributed by atoms with Gasteiger partial charge >= 0.3 is 7.69 Å². The molecule has 0 heterocycles. The Morgan fingerprint density at radius 1 is 0.370 bits per heavy atom. The molecule has 4 aromatic carbocycles. The van der Waals surface area contributed by atoms with Gasteiger partial charge < -0.3 is 9.31 Å². The van der Waals surface area contributed by atoms with Crippen LogP contribution < -0.4 is 9.31 Å². The molecule has 3 heteroatoms. The van der Waals surface area contributed by atoms with E-state index in [0.29, 0.717) is 0 Å². The van der Waals surface area contributed by atoms with E-state index in [1.54, 1.807) is 0 Å². The summed E-state index contributed by atoms with van der Waals surface area (Å²) in [5.41, 5.74) is 4.67. The maximum atomic E-state index is 5.57. The van der Waals surface area contributed by atoms with Gasteiger partial charge in [-0.15, -0.1) is 0 Å². The monoisotopic (exact) mass is 349 g/mol. The minimum absolute atomic E-state index is 0.732. The van der Waals surface area contributed by atoms with Gasteiger partial charge in [0.2, 0.25) is 0 Å². The van der Waals surface area contributed by atoms with Crippen LogP contribution in [-0.4, -0.2) is 7.69 Å². The van der Waals surface area contributed by atoms with Crippen LogP contribution in [0.4, 0.5) is 0 Å². The average molecular weight is 349 g/mol. The number of hydrogen-bond acceptors (Lipinski definition) is 2. The largest absolute Gasteiger partial charge is 0.658 e. The summed E-state index contributed by atoms with van der Waals surface area (Å²) in [6.07, 6.45) is 0. The second kappa shape index (κ2) is 8.28. The molecule has 4 aromatic rings. The Bertz CT molecular complexity index is 883. The van der Waals surface area contributed by atoms with Gasteiger partial charge in [-0.1, -0.05) is 84.9 Å². The molecule has 2 nitrogen and oxygen atoms in total. The van der Waals surface area contributed by atoms with Crippen molar-refractivity contribution in [2.24, 2.45) is 0 Å². The summed E-state index contributed by atoms with van der Waals surface area (Å²) in [7, 11) is 1.36. The summed E-state index contributed by atoms with van der Waals surface area (Å²) in [5.74, 6) is 1.46. The summed E-state index contributed by atoms with van der Waals surface area (Å²) in [5, 5.41) is 0. The van der Waals surface area contributed by atoms with Gasteiger partial charge in [-0.2, -0.15) is 0 Å². The maximum Gasteiger partial charge on any atom is 0.658 e. The summed E-state index contributed by atoms with van der Waals surface area (Å²) in [6.45, 7) is 0. The zero-order valence-electron chi connectivity index (χ0n) is 14.8. The van der Waals surface area contributed by atoms with Crippen LogP contribution in [0.15, 0.2) is 109 Å². The van der Waals surface area contributed by atoms with E-state index in [2.05, 4.69) is 24.3 Å². The molecule has 0 amide bonds. The predicted molar refractivity (Wildman–Crippen MR) is 111 cm³/mol. The van der Waals surface area contributed by atoms with E-state index in [-0.39, 0.29) is 0 Å². The van der Waals surface area contributed by atoms with Crippen LogP contribution in [-0.2, 0) is 0 Å². The lowest BCUT2D eigenvalue weighted by Crippen LogP contribution is -2.10. The highest BCUT2D eigenvalue weighted by molar-refractivity contribution is 6.20. The summed E-state index contributed by atoms with van der Waals surface area (Å²) < 4.78 is 11.1. The molecule has 4 rings (SSSR count). The molecule has 0 saturated heterocycles.